The molecular weight excluding hydrogens is 486 g/mol. The van der Waals surface area contributed by atoms with Crippen molar-refractivity contribution < 1.29 is 18.3 Å². The van der Waals surface area contributed by atoms with E-state index in [0.717, 1.165) is 24.9 Å². The zero-order valence-corrected chi connectivity index (χ0v) is 20.2. The lowest BCUT2D eigenvalue weighted by molar-refractivity contribution is 0.0539. The number of benzene rings is 3. The van der Waals surface area contributed by atoms with Crippen LogP contribution in [-0.4, -0.2) is 28.3 Å². The van der Waals surface area contributed by atoms with Crippen molar-refractivity contribution in [3.63, 3.8) is 0 Å². The summed E-state index contributed by atoms with van der Waals surface area (Å²) in [5.41, 5.74) is 6.36. The summed E-state index contributed by atoms with van der Waals surface area (Å²) in [4.78, 5) is 12.5. The summed E-state index contributed by atoms with van der Waals surface area (Å²) in [6.07, 6.45) is 3.64. The Morgan fingerprint density at radius 1 is 1.25 bits per heavy atom. The molecule has 9 heteroatoms. The molecule has 3 aromatic carbocycles. The van der Waals surface area contributed by atoms with Crippen molar-refractivity contribution in [2.45, 2.75) is 30.9 Å². The second-order valence-electron chi connectivity index (χ2n) is 9.42. The Labute approximate surface area is 211 Å². The molecule has 2 aliphatic rings. The van der Waals surface area contributed by atoms with Crippen LogP contribution < -0.4 is 15.8 Å². The summed E-state index contributed by atoms with van der Waals surface area (Å²) in [5, 5.41) is 7.62. The van der Waals surface area contributed by atoms with Gasteiger partial charge in [-0.05, 0) is 31.0 Å². The van der Waals surface area contributed by atoms with Gasteiger partial charge in [0.2, 0.25) is 5.91 Å². The van der Waals surface area contributed by atoms with Crippen molar-refractivity contribution in [3.05, 3.63) is 82.0 Å². The normalized spacial score (nSPS) is 21.1. The van der Waals surface area contributed by atoms with Crippen LogP contribution in [0.3, 0.4) is 0 Å². The van der Waals surface area contributed by atoms with Crippen molar-refractivity contribution in [1.82, 2.24) is 15.1 Å². The number of hydrogen-bond acceptors (Lipinski definition) is 4. The Morgan fingerprint density at radius 2 is 2.03 bits per heavy atom. The third-order valence-corrected chi connectivity index (χ3v) is 7.65. The fourth-order valence-electron chi connectivity index (χ4n) is 5.70. The van der Waals surface area contributed by atoms with Crippen molar-refractivity contribution in [1.29, 1.82) is 0 Å². The minimum atomic E-state index is -0.865. The first kappa shape index (κ1) is 22.9. The molecule has 4 aromatic rings. The Morgan fingerprint density at radius 3 is 2.72 bits per heavy atom. The molecule has 1 aromatic heterocycles. The highest BCUT2D eigenvalue weighted by Gasteiger charge is 2.50. The maximum Gasteiger partial charge on any atom is 0.249 e. The fourth-order valence-corrected chi connectivity index (χ4v) is 5.97. The molecule has 6 nitrogen and oxygen atoms in total. The van der Waals surface area contributed by atoms with Crippen LogP contribution >= 0.6 is 11.6 Å². The number of carbonyl (C=O) groups excluding carboxylic acids is 1. The maximum atomic E-state index is 16.1. The predicted octanol–water partition coefficient (Wildman–Crippen LogP) is 4.85. The number of aromatic nitrogens is 2. The largest absolute Gasteiger partial charge is 0.480 e. The highest BCUT2D eigenvalue weighted by molar-refractivity contribution is 6.34. The van der Waals surface area contributed by atoms with Gasteiger partial charge in [0.25, 0.3) is 0 Å². The van der Waals surface area contributed by atoms with E-state index in [-0.39, 0.29) is 44.4 Å². The lowest BCUT2D eigenvalue weighted by atomic mass is 9.80. The summed E-state index contributed by atoms with van der Waals surface area (Å²) in [6.45, 7) is 0.832. The number of nitrogens with one attached hydrogen (secondary N) is 1. The van der Waals surface area contributed by atoms with Gasteiger partial charge in [-0.1, -0.05) is 41.9 Å². The number of primary amides is 1. The second kappa shape index (κ2) is 8.28. The van der Waals surface area contributed by atoms with Crippen LogP contribution in [0.2, 0.25) is 5.02 Å². The molecule has 3 N–H and O–H groups in total. The lowest BCUT2D eigenvalue weighted by Gasteiger charge is -2.35. The van der Waals surface area contributed by atoms with Crippen molar-refractivity contribution in [2.75, 3.05) is 6.54 Å². The van der Waals surface area contributed by atoms with Crippen LogP contribution in [0, 0.1) is 11.6 Å². The van der Waals surface area contributed by atoms with Gasteiger partial charge in [-0.15, -0.1) is 0 Å². The van der Waals surface area contributed by atoms with E-state index in [1.807, 2.05) is 30.3 Å². The van der Waals surface area contributed by atoms with Gasteiger partial charge in [-0.2, -0.15) is 5.10 Å². The monoisotopic (exact) mass is 508 g/mol. The van der Waals surface area contributed by atoms with Crippen LogP contribution in [-0.2, 0) is 19.1 Å². The average Bonchev–Trinajstić information content (AvgIpc) is 3.60. The number of fused-ring (bicyclic) bond motifs is 2. The van der Waals surface area contributed by atoms with Crippen LogP contribution in [0.1, 0.15) is 34.3 Å². The molecule has 1 saturated heterocycles. The van der Waals surface area contributed by atoms with Gasteiger partial charge < -0.3 is 15.8 Å². The lowest BCUT2D eigenvalue weighted by Crippen LogP contribution is -2.48. The predicted molar refractivity (Wildman–Crippen MR) is 133 cm³/mol. The van der Waals surface area contributed by atoms with Crippen LogP contribution in [0.25, 0.3) is 22.0 Å². The Balaban J connectivity index is 1.63. The maximum absolute atomic E-state index is 16.1. The number of rotatable bonds is 4. The number of amides is 1. The Kier molecular flexibility index (Phi) is 5.28. The standard InChI is InChI=1S/C27H23ClF2N4O2/c1-34-13-17-19(33-34)10-15(26(31)35)23(25(17)30)22-16-12-27(21-8-5-9-32-21,14-6-3-2-4-7-14)36-20(16)11-18(29)24(22)28/h2-4,6-7,10-11,13,21,32H,5,8-9,12H2,1H3,(H2,31,35)/t21-,27-/m0/s1. The molecule has 184 valence electrons. The third-order valence-electron chi connectivity index (χ3n) is 7.28. The molecule has 0 saturated carbocycles. The second-order valence-corrected chi connectivity index (χ2v) is 9.80. The number of nitrogens with zero attached hydrogens (tertiary/aromatic N) is 2. The first-order valence-electron chi connectivity index (χ1n) is 11.7. The van der Waals surface area contributed by atoms with E-state index in [4.69, 9.17) is 22.1 Å². The summed E-state index contributed by atoms with van der Waals surface area (Å²) in [7, 11) is 1.65. The fraction of sp³-hybridized carbons (Fsp3) is 0.259. The number of nitrogens with two attached hydrogens (primary N) is 1. The first-order valence-corrected chi connectivity index (χ1v) is 12.1. The molecule has 1 amide bonds. The van der Waals surface area contributed by atoms with Gasteiger partial charge in [0.05, 0.1) is 27.5 Å². The van der Waals surface area contributed by atoms with Gasteiger partial charge in [0.15, 0.2) is 5.60 Å². The molecule has 0 radical (unpaired) electrons. The summed E-state index contributed by atoms with van der Waals surface area (Å²) >= 11 is 6.53. The van der Waals surface area contributed by atoms with Crippen molar-refractivity contribution in [2.24, 2.45) is 12.8 Å². The van der Waals surface area contributed by atoms with Crippen molar-refractivity contribution >= 4 is 28.4 Å². The molecule has 0 spiro atoms. The smallest absolute Gasteiger partial charge is 0.249 e. The van der Waals surface area contributed by atoms with E-state index in [1.165, 1.54) is 23.0 Å². The van der Waals surface area contributed by atoms with E-state index in [9.17, 15) is 4.79 Å². The molecule has 1 fully saturated rings. The van der Waals surface area contributed by atoms with Crippen LogP contribution in [0.4, 0.5) is 8.78 Å². The molecule has 6 rings (SSSR count). The number of carbonyl (C=O) groups is 1. The SMILES string of the molecule is Cn1cc2c(F)c(-c3c(Cl)c(F)cc4c3C[C@](c3ccccc3)([C@@H]3CCCN3)O4)c(C(N)=O)cc2n1. The minimum absolute atomic E-state index is 0.0525. The molecule has 0 bridgehead atoms. The van der Waals surface area contributed by atoms with Gasteiger partial charge in [-0.25, -0.2) is 8.78 Å². The van der Waals surface area contributed by atoms with Gasteiger partial charge >= 0.3 is 0 Å². The number of ether oxygens (including phenoxy) is 1. The van der Waals surface area contributed by atoms with Gasteiger partial charge in [-0.3, -0.25) is 9.48 Å². The Bertz CT molecular complexity index is 1530. The minimum Gasteiger partial charge on any atom is -0.480 e. The Hall–Kier alpha value is -3.49. The summed E-state index contributed by atoms with van der Waals surface area (Å²) in [6, 6.07) is 12.3. The van der Waals surface area contributed by atoms with Gasteiger partial charge in [0.1, 0.15) is 17.4 Å². The highest BCUT2D eigenvalue weighted by Crippen LogP contribution is 2.52. The molecule has 3 heterocycles. The average molecular weight is 509 g/mol. The summed E-state index contributed by atoms with van der Waals surface area (Å²) in [5.74, 6) is -2.10. The zero-order valence-electron chi connectivity index (χ0n) is 19.4. The molecule has 2 aliphatic heterocycles. The van der Waals surface area contributed by atoms with Crippen LogP contribution in [0.15, 0.2) is 48.7 Å². The van der Waals surface area contributed by atoms with E-state index < -0.39 is 23.1 Å². The number of aryl methyl sites for hydroxylation is 1. The molecule has 0 unspecified atom stereocenters. The van der Waals surface area contributed by atoms with E-state index >= 15 is 8.78 Å². The number of halogens is 3. The highest BCUT2D eigenvalue weighted by atomic mass is 35.5. The van der Waals surface area contributed by atoms with Crippen molar-refractivity contribution in [3.8, 4) is 16.9 Å². The number of hydrogen-bond donors (Lipinski definition) is 2. The third kappa shape index (κ3) is 3.32. The molecule has 2 atom stereocenters. The summed E-state index contributed by atoms with van der Waals surface area (Å²) < 4.78 is 39.4. The van der Waals surface area contributed by atoms with Crippen LogP contribution in [0.5, 0.6) is 5.75 Å². The first-order chi connectivity index (χ1) is 17.3. The van der Waals surface area contributed by atoms with E-state index in [1.54, 1.807) is 7.05 Å². The topological polar surface area (TPSA) is 82.2 Å². The molecule has 36 heavy (non-hydrogen) atoms. The van der Waals surface area contributed by atoms with E-state index in [0.29, 0.717) is 12.0 Å². The molecule has 0 aliphatic carbocycles. The zero-order chi connectivity index (χ0) is 25.2. The quantitative estimate of drug-likeness (QED) is 0.413. The van der Waals surface area contributed by atoms with Gasteiger partial charge in [0, 0.05) is 42.4 Å². The molecular formula is C27H23ClF2N4O2. The van der Waals surface area contributed by atoms with E-state index in [2.05, 4.69) is 10.4 Å².